The van der Waals surface area contributed by atoms with E-state index in [1.165, 1.54) is 12.8 Å². The molecule has 3 atom stereocenters. The number of carbonyl (C=O) groups excluding carboxylic acids is 1. The van der Waals surface area contributed by atoms with Gasteiger partial charge in [0.05, 0.1) is 6.04 Å². The van der Waals surface area contributed by atoms with Crippen LogP contribution in [-0.2, 0) is 9.53 Å². The quantitative estimate of drug-likeness (QED) is 0.787. The first-order valence-electron chi connectivity index (χ1n) is 8.09. The van der Waals surface area contributed by atoms with Crippen LogP contribution >= 0.6 is 0 Å². The predicted octanol–water partition coefficient (Wildman–Crippen LogP) is 4.15. The Morgan fingerprint density at radius 3 is 2.71 bits per heavy atom. The smallest absolute Gasteiger partial charge is 0.224 e. The average molecular weight is 289 g/mol. The van der Waals surface area contributed by atoms with Crippen molar-refractivity contribution in [2.24, 2.45) is 5.92 Å². The first-order chi connectivity index (χ1) is 10.1. The van der Waals surface area contributed by atoms with E-state index < -0.39 is 0 Å². The average Bonchev–Trinajstić information content (AvgIpc) is 2.88. The molecule has 3 heteroatoms. The van der Waals surface area contributed by atoms with Crippen LogP contribution in [0.15, 0.2) is 30.3 Å². The van der Waals surface area contributed by atoms with Gasteiger partial charge < -0.3 is 9.64 Å². The summed E-state index contributed by atoms with van der Waals surface area (Å²) in [6, 6.07) is 10.3. The first kappa shape index (κ1) is 16.0. The lowest BCUT2D eigenvalue weighted by Gasteiger charge is -2.23. The second-order valence-electron chi connectivity index (χ2n) is 6.16. The minimum Gasteiger partial charge on any atom is -0.351 e. The van der Waals surface area contributed by atoms with Gasteiger partial charge in [-0.2, -0.15) is 0 Å². The van der Waals surface area contributed by atoms with E-state index >= 15 is 0 Å². The molecule has 1 heterocycles. The van der Waals surface area contributed by atoms with E-state index in [0.717, 1.165) is 12.0 Å². The van der Waals surface area contributed by atoms with Crippen LogP contribution in [0.3, 0.4) is 0 Å². The van der Waals surface area contributed by atoms with Crippen molar-refractivity contribution in [2.75, 3.05) is 6.73 Å². The molecule has 1 amide bonds. The maximum Gasteiger partial charge on any atom is 0.224 e. The van der Waals surface area contributed by atoms with Crippen LogP contribution in [0, 0.1) is 5.92 Å². The Balaban J connectivity index is 1.89. The van der Waals surface area contributed by atoms with Gasteiger partial charge in [-0.3, -0.25) is 4.79 Å². The number of hydrogen-bond donors (Lipinski definition) is 0. The van der Waals surface area contributed by atoms with Crippen LogP contribution < -0.4 is 0 Å². The minimum atomic E-state index is 0.00298. The van der Waals surface area contributed by atoms with E-state index in [9.17, 15) is 4.79 Å². The summed E-state index contributed by atoms with van der Waals surface area (Å²) in [7, 11) is 0. The van der Waals surface area contributed by atoms with Gasteiger partial charge in [-0.05, 0) is 24.8 Å². The molecular formula is C18H27NO2. The molecule has 0 unspecified atom stereocenters. The summed E-state index contributed by atoms with van der Waals surface area (Å²) < 4.78 is 5.84. The molecule has 116 valence electrons. The highest BCUT2D eigenvalue weighted by molar-refractivity contribution is 5.76. The van der Waals surface area contributed by atoms with Crippen LogP contribution in [0.5, 0.6) is 0 Å². The van der Waals surface area contributed by atoms with Gasteiger partial charge in [-0.15, -0.1) is 0 Å². The second kappa shape index (κ2) is 7.60. The molecule has 21 heavy (non-hydrogen) atoms. The number of nitrogens with zero attached hydrogens (tertiary/aromatic N) is 1. The molecule has 0 radical (unpaired) electrons. The fourth-order valence-corrected chi connectivity index (χ4v) is 3.05. The molecule has 0 saturated carbocycles. The maximum atomic E-state index is 12.4. The number of benzene rings is 1. The van der Waals surface area contributed by atoms with Crippen molar-refractivity contribution in [1.82, 2.24) is 4.90 Å². The van der Waals surface area contributed by atoms with Gasteiger partial charge in [0.25, 0.3) is 0 Å². The lowest BCUT2D eigenvalue weighted by molar-refractivity contribution is -0.133. The summed E-state index contributed by atoms with van der Waals surface area (Å²) in [6.45, 7) is 6.92. The largest absolute Gasteiger partial charge is 0.351 e. The Morgan fingerprint density at radius 1 is 1.33 bits per heavy atom. The van der Waals surface area contributed by atoms with Crippen molar-refractivity contribution < 1.29 is 9.53 Å². The standard InChI is InChI=1S/C18H27NO2/c1-4-8-14(2)11-12-17(20)19-13-21-18(15(19)3)16-9-6-5-7-10-16/h5-7,9-10,14-15,18H,4,8,11-13H2,1-3H3/t14-,15-,18-/m1/s1. The van der Waals surface area contributed by atoms with E-state index in [-0.39, 0.29) is 18.1 Å². The zero-order valence-electron chi connectivity index (χ0n) is 13.4. The highest BCUT2D eigenvalue weighted by Crippen LogP contribution is 2.31. The highest BCUT2D eigenvalue weighted by Gasteiger charge is 2.35. The van der Waals surface area contributed by atoms with Crippen LogP contribution in [0.4, 0.5) is 0 Å². The highest BCUT2D eigenvalue weighted by atomic mass is 16.5. The summed E-state index contributed by atoms with van der Waals surface area (Å²) in [5, 5.41) is 0. The Labute approximate surface area is 128 Å². The first-order valence-corrected chi connectivity index (χ1v) is 8.09. The fraction of sp³-hybridized carbons (Fsp3) is 0.611. The minimum absolute atomic E-state index is 0.00298. The summed E-state index contributed by atoms with van der Waals surface area (Å²) in [4.78, 5) is 14.3. The van der Waals surface area contributed by atoms with Crippen LogP contribution in [0.1, 0.15) is 58.1 Å². The normalized spacial score (nSPS) is 23.3. The van der Waals surface area contributed by atoms with Crippen molar-refractivity contribution in [2.45, 2.75) is 58.6 Å². The molecule has 1 saturated heterocycles. The van der Waals surface area contributed by atoms with Gasteiger partial charge in [0, 0.05) is 6.42 Å². The summed E-state index contributed by atoms with van der Waals surface area (Å²) >= 11 is 0. The van der Waals surface area contributed by atoms with Gasteiger partial charge in [0.15, 0.2) is 0 Å². The monoisotopic (exact) mass is 289 g/mol. The Hall–Kier alpha value is -1.35. The van der Waals surface area contributed by atoms with Gasteiger partial charge in [-0.1, -0.05) is 57.0 Å². The Bertz CT molecular complexity index is 446. The van der Waals surface area contributed by atoms with E-state index in [1.54, 1.807) is 0 Å². The molecule has 1 fully saturated rings. The Morgan fingerprint density at radius 2 is 2.05 bits per heavy atom. The molecule has 0 N–H and O–H groups in total. The summed E-state index contributed by atoms with van der Waals surface area (Å²) in [6.07, 6.45) is 4.01. The molecule has 1 aliphatic heterocycles. The van der Waals surface area contributed by atoms with E-state index in [0.29, 0.717) is 19.1 Å². The SMILES string of the molecule is CCC[C@@H](C)CCC(=O)N1CO[C@@H](c2ccccc2)[C@H]1C. The van der Waals surface area contributed by atoms with Crippen molar-refractivity contribution in [1.29, 1.82) is 0 Å². The van der Waals surface area contributed by atoms with Crippen LogP contribution in [0.25, 0.3) is 0 Å². The third kappa shape index (κ3) is 4.07. The van der Waals surface area contributed by atoms with Crippen molar-refractivity contribution in [3.8, 4) is 0 Å². The van der Waals surface area contributed by atoms with E-state index in [2.05, 4.69) is 32.9 Å². The van der Waals surface area contributed by atoms with E-state index in [1.807, 2.05) is 23.1 Å². The van der Waals surface area contributed by atoms with Crippen LogP contribution in [-0.4, -0.2) is 23.6 Å². The molecule has 3 nitrogen and oxygen atoms in total. The van der Waals surface area contributed by atoms with Crippen molar-refractivity contribution >= 4 is 5.91 Å². The number of ether oxygens (including phenoxy) is 1. The third-order valence-corrected chi connectivity index (χ3v) is 4.40. The lowest BCUT2D eigenvalue weighted by atomic mass is 9.99. The predicted molar refractivity (Wildman–Crippen MR) is 84.7 cm³/mol. The number of hydrogen-bond acceptors (Lipinski definition) is 2. The molecule has 1 aliphatic rings. The summed E-state index contributed by atoms with van der Waals surface area (Å²) in [5.74, 6) is 0.853. The molecule has 1 aromatic rings. The zero-order valence-corrected chi connectivity index (χ0v) is 13.4. The fourth-order valence-electron chi connectivity index (χ4n) is 3.05. The topological polar surface area (TPSA) is 29.5 Å². The molecule has 0 bridgehead atoms. The number of carbonyl (C=O) groups is 1. The zero-order chi connectivity index (χ0) is 15.2. The summed E-state index contributed by atoms with van der Waals surface area (Å²) in [5.41, 5.74) is 1.15. The number of rotatable bonds is 6. The van der Waals surface area contributed by atoms with Crippen molar-refractivity contribution in [3.05, 3.63) is 35.9 Å². The molecule has 0 aliphatic carbocycles. The Kier molecular flexibility index (Phi) is 5.80. The van der Waals surface area contributed by atoms with Gasteiger partial charge in [-0.25, -0.2) is 0 Å². The lowest BCUT2D eigenvalue weighted by Crippen LogP contribution is -2.35. The molecule has 0 aromatic heterocycles. The van der Waals surface area contributed by atoms with Gasteiger partial charge in [0.1, 0.15) is 12.8 Å². The maximum absolute atomic E-state index is 12.4. The van der Waals surface area contributed by atoms with Gasteiger partial charge >= 0.3 is 0 Å². The van der Waals surface area contributed by atoms with E-state index in [4.69, 9.17) is 4.74 Å². The van der Waals surface area contributed by atoms with Gasteiger partial charge in [0.2, 0.25) is 5.91 Å². The molecular weight excluding hydrogens is 262 g/mol. The molecule has 0 spiro atoms. The molecule has 1 aromatic carbocycles. The second-order valence-corrected chi connectivity index (χ2v) is 6.16. The third-order valence-electron chi connectivity index (χ3n) is 4.40. The van der Waals surface area contributed by atoms with Crippen molar-refractivity contribution in [3.63, 3.8) is 0 Å². The number of amides is 1. The molecule has 2 rings (SSSR count). The van der Waals surface area contributed by atoms with Crippen LogP contribution in [0.2, 0.25) is 0 Å².